The third-order valence-electron chi connectivity index (χ3n) is 4.90. The maximum Gasteiger partial charge on any atom is 0.349 e. The van der Waals surface area contributed by atoms with Crippen LogP contribution in [0.2, 0.25) is 5.02 Å². The van der Waals surface area contributed by atoms with Crippen LogP contribution >= 0.6 is 22.9 Å². The largest absolute Gasteiger partial charge is 0.496 e. The minimum absolute atomic E-state index is 0.0592. The lowest BCUT2D eigenvalue weighted by Crippen LogP contribution is -2.05. The van der Waals surface area contributed by atoms with Gasteiger partial charge in [0.05, 0.1) is 23.2 Å². The van der Waals surface area contributed by atoms with E-state index in [0.29, 0.717) is 32.2 Å². The molecule has 0 aliphatic heterocycles. The lowest BCUT2D eigenvalue weighted by atomic mass is 10.1. The van der Waals surface area contributed by atoms with E-state index in [-0.39, 0.29) is 22.9 Å². The van der Waals surface area contributed by atoms with Gasteiger partial charge in [-0.3, -0.25) is 0 Å². The molecule has 0 fully saturated rings. The number of aromatic nitrogens is 2. The molecule has 2 aromatic heterocycles. The molecule has 4 aromatic rings. The summed E-state index contributed by atoms with van der Waals surface area (Å²) in [6.07, 6.45) is 1.37. The summed E-state index contributed by atoms with van der Waals surface area (Å²) in [7, 11) is 1.37. The first-order chi connectivity index (χ1) is 15.9. The van der Waals surface area contributed by atoms with Crippen LogP contribution < -0.4 is 10.1 Å². The number of fused-ring (bicyclic) bond motifs is 1. The summed E-state index contributed by atoms with van der Waals surface area (Å²) in [4.78, 5) is 33.8. The van der Waals surface area contributed by atoms with E-state index < -0.39 is 11.9 Å². The van der Waals surface area contributed by atoms with Crippen LogP contribution in [0.3, 0.4) is 0 Å². The molecule has 0 amide bonds. The van der Waals surface area contributed by atoms with Crippen molar-refractivity contribution in [1.82, 2.24) is 9.97 Å². The maximum atomic E-state index is 12.7. The maximum absolute atomic E-state index is 12.7. The number of benzene rings is 2. The third-order valence-corrected chi connectivity index (χ3v) is 6.39. The van der Waals surface area contributed by atoms with Crippen molar-refractivity contribution in [2.75, 3.05) is 12.4 Å². The van der Waals surface area contributed by atoms with Crippen LogP contribution in [-0.2, 0) is 11.3 Å². The quantitative estimate of drug-likeness (QED) is 0.333. The van der Waals surface area contributed by atoms with Crippen LogP contribution in [0, 0.1) is 6.92 Å². The molecule has 2 heterocycles. The Labute approximate surface area is 197 Å². The zero-order chi connectivity index (χ0) is 23.5. The fourth-order valence-corrected chi connectivity index (χ4v) is 4.52. The number of nitrogens with zero attached hydrogens (tertiary/aromatic N) is 2. The SMILES string of the molecule is COc1cc(Nc2ncnc3sc(C(=O)OCc4ccccc4)c(C)c23)c(Cl)cc1C(=O)O. The molecule has 0 unspecified atom stereocenters. The minimum Gasteiger partial charge on any atom is -0.496 e. The minimum atomic E-state index is -1.16. The van der Waals surface area contributed by atoms with Crippen molar-refractivity contribution in [3.8, 4) is 5.75 Å². The monoisotopic (exact) mass is 483 g/mol. The van der Waals surface area contributed by atoms with Gasteiger partial charge in [-0.15, -0.1) is 11.3 Å². The van der Waals surface area contributed by atoms with Gasteiger partial charge in [-0.1, -0.05) is 41.9 Å². The Balaban J connectivity index is 1.66. The Morgan fingerprint density at radius 2 is 1.94 bits per heavy atom. The van der Waals surface area contributed by atoms with Gasteiger partial charge in [0.1, 0.15) is 39.8 Å². The van der Waals surface area contributed by atoms with Crippen molar-refractivity contribution in [3.63, 3.8) is 0 Å². The molecule has 0 saturated heterocycles. The number of esters is 1. The average Bonchev–Trinajstić information content (AvgIpc) is 3.16. The van der Waals surface area contributed by atoms with Gasteiger partial charge in [0, 0.05) is 6.07 Å². The Hall–Kier alpha value is -3.69. The van der Waals surface area contributed by atoms with Crippen molar-refractivity contribution in [1.29, 1.82) is 0 Å². The van der Waals surface area contributed by atoms with Crippen LogP contribution in [0.1, 0.15) is 31.2 Å². The second kappa shape index (κ2) is 9.43. The number of aryl methyl sites for hydroxylation is 1. The number of aromatic carboxylic acids is 1. The van der Waals surface area contributed by atoms with Gasteiger partial charge < -0.3 is 19.9 Å². The summed E-state index contributed by atoms with van der Waals surface area (Å²) in [6, 6.07) is 12.2. The molecule has 4 rings (SSSR count). The summed E-state index contributed by atoms with van der Waals surface area (Å²) in [6.45, 7) is 1.96. The fraction of sp³-hybridized carbons (Fsp3) is 0.130. The number of carbonyl (C=O) groups is 2. The van der Waals surface area contributed by atoms with Gasteiger partial charge >= 0.3 is 11.9 Å². The van der Waals surface area contributed by atoms with Crippen LogP contribution in [0.4, 0.5) is 11.5 Å². The first-order valence-corrected chi connectivity index (χ1v) is 10.9. The van der Waals surface area contributed by atoms with E-state index in [4.69, 9.17) is 21.1 Å². The Bertz CT molecular complexity index is 1360. The Kier molecular flexibility index (Phi) is 6.43. The van der Waals surface area contributed by atoms with Gasteiger partial charge in [0.15, 0.2) is 0 Å². The predicted molar refractivity (Wildman–Crippen MR) is 126 cm³/mol. The highest BCUT2D eigenvalue weighted by Crippen LogP contribution is 2.38. The first-order valence-electron chi connectivity index (χ1n) is 9.72. The van der Waals surface area contributed by atoms with E-state index in [1.54, 1.807) is 6.92 Å². The lowest BCUT2D eigenvalue weighted by Gasteiger charge is -2.12. The highest BCUT2D eigenvalue weighted by molar-refractivity contribution is 7.20. The molecule has 0 saturated carbocycles. The lowest BCUT2D eigenvalue weighted by molar-refractivity contribution is 0.0477. The van der Waals surface area contributed by atoms with Gasteiger partial charge in [0.25, 0.3) is 0 Å². The summed E-state index contributed by atoms with van der Waals surface area (Å²) in [5.41, 5.74) is 1.90. The summed E-state index contributed by atoms with van der Waals surface area (Å²) < 4.78 is 10.7. The molecule has 0 radical (unpaired) electrons. The number of hydrogen-bond acceptors (Lipinski definition) is 8. The molecule has 0 aliphatic carbocycles. The van der Waals surface area contributed by atoms with Gasteiger partial charge in [-0.2, -0.15) is 0 Å². The van der Waals surface area contributed by atoms with Gasteiger partial charge in [-0.25, -0.2) is 19.6 Å². The van der Waals surface area contributed by atoms with Crippen molar-refractivity contribution in [2.45, 2.75) is 13.5 Å². The van der Waals surface area contributed by atoms with E-state index >= 15 is 0 Å². The molecule has 0 atom stereocenters. The summed E-state index contributed by atoms with van der Waals surface area (Å²) >= 11 is 7.51. The standard InChI is InChI=1S/C23H18ClN3O5S/c1-12-18-20(27-16-9-17(31-2)14(22(28)29)8-15(16)24)25-11-26-21(18)33-19(12)23(30)32-10-13-6-4-3-5-7-13/h3-9,11H,10H2,1-2H3,(H,28,29)(H,25,26,27). The van der Waals surface area contributed by atoms with Gasteiger partial charge in [0.2, 0.25) is 0 Å². The smallest absolute Gasteiger partial charge is 0.349 e. The predicted octanol–water partition coefficient (Wildman–Crippen LogP) is 5.46. The number of anilines is 2. The molecule has 2 aromatic carbocycles. The number of hydrogen-bond donors (Lipinski definition) is 2. The van der Waals surface area contributed by atoms with Crippen molar-refractivity contribution >= 4 is 56.6 Å². The highest BCUT2D eigenvalue weighted by atomic mass is 35.5. The van der Waals surface area contributed by atoms with Crippen LogP contribution in [-0.4, -0.2) is 34.1 Å². The molecule has 0 aliphatic rings. The average molecular weight is 484 g/mol. The molecular weight excluding hydrogens is 466 g/mol. The Morgan fingerprint density at radius 3 is 2.64 bits per heavy atom. The molecule has 168 valence electrons. The van der Waals surface area contributed by atoms with Crippen molar-refractivity contribution < 1.29 is 24.2 Å². The summed E-state index contributed by atoms with van der Waals surface area (Å²) in [5.74, 6) is -1.04. The molecule has 8 nitrogen and oxygen atoms in total. The summed E-state index contributed by atoms with van der Waals surface area (Å²) in [5, 5.41) is 13.3. The fourth-order valence-electron chi connectivity index (χ4n) is 3.26. The molecule has 2 N–H and O–H groups in total. The van der Waals surface area contributed by atoms with E-state index in [1.165, 1.54) is 36.9 Å². The molecular formula is C23H18ClN3O5S. The van der Waals surface area contributed by atoms with E-state index in [1.807, 2.05) is 30.3 Å². The second-order valence-corrected chi connectivity index (χ2v) is 8.39. The number of ether oxygens (including phenoxy) is 2. The molecule has 33 heavy (non-hydrogen) atoms. The number of halogens is 1. The van der Waals surface area contributed by atoms with Crippen molar-refractivity contribution in [2.24, 2.45) is 0 Å². The van der Waals surface area contributed by atoms with Crippen molar-refractivity contribution in [3.05, 3.63) is 75.4 Å². The number of carbonyl (C=O) groups excluding carboxylic acids is 1. The number of carboxylic acids is 1. The molecule has 10 heteroatoms. The van der Waals surface area contributed by atoms with Gasteiger partial charge in [-0.05, 0) is 24.1 Å². The molecule has 0 spiro atoms. The Morgan fingerprint density at radius 1 is 1.18 bits per heavy atom. The normalized spacial score (nSPS) is 10.8. The van der Waals surface area contributed by atoms with E-state index in [0.717, 1.165) is 5.56 Å². The van der Waals surface area contributed by atoms with Crippen LogP contribution in [0.25, 0.3) is 10.2 Å². The van der Waals surface area contributed by atoms with Crippen LogP contribution in [0.15, 0.2) is 48.8 Å². The van der Waals surface area contributed by atoms with E-state index in [9.17, 15) is 14.7 Å². The first kappa shape index (κ1) is 22.5. The van der Waals surface area contributed by atoms with Crippen LogP contribution in [0.5, 0.6) is 5.75 Å². The third kappa shape index (κ3) is 4.59. The number of methoxy groups -OCH3 is 1. The second-order valence-electron chi connectivity index (χ2n) is 6.98. The highest BCUT2D eigenvalue weighted by Gasteiger charge is 2.22. The molecule has 0 bridgehead atoms. The number of carboxylic acid groups (broad SMARTS) is 1. The van der Waals surface area contributed by atoms with E-state index in [2.05, 4.69) is 15.3 Å². The zero-order valence-electron chi connectivity index (χ0n) is 17.6. The number of rotatable bonds is 7. The number of nitrogens with one attached hydrogen (secondary N) is 1. The number of thiophene rings is 1. The topological polar surface area (TPSA) is 111 Å². The zero-order valence-corrected chi connectivity index (χ0v) is 19.2.